The Morgan fingerprint density at radius 1 is 0.889 bits per heavy atom. The maximum absolute atomic E-state index is 12.7. The van der Waals surface area contributed by atoms with Gasteiger partial charge in [-0.15, -0.1) is 0 Å². The third kappa shape index (κ3) is 4.87. The highest BCUT2D eigenvalue weighted by molar-refractivity contribution is 6.04. The topological polar surface area (TPSA) is 58.2 Å². The van der Waals surface area contributed by atoms with Gasteiger partial charge in [-0.3, -0.25) is 9.59 Å². The molecule has 0 heterocycles. The average Bonchev–Trinajstić information content (AvgIpc) is 3.16. The molecule has 0 unspecified atom stereocenters. The summed E-state index contributed by atoms with van der Waals surface area (Å²) in [6, 6.07) is 10.7. The van der Waals surface area contributed by atoms with Gasteiger partial charge in [0.15, 0.2) is 0 Å². The fourth-order valence-corrected chi connectivity index (χ4v) is 3.11. The van der Waals surface area contributed by atoms with E-state index in [1.165, 1.54) is 24.3 Å². The van der Waals surface area contributed by atoms with Crippen LogP contribution in [0.4, 0.5) is 24.5 Å². The van der Waals surface area contributed by atoms with Crippen LogP contribution in [0.3, 0.4) is 0 Å². The summed E-state index contributed by atoms with van der Waals surface area (Å²) in [5, 5.41) is 5.28. The first kappa shape index (κ1) is 18.9. The summed E-state index contributed by atoms with van der Waals surface area (Å²) in [6.07, 6.45) is -0.563. The van der Waals surface area contributed by atoms with Crippen molar-refractivity contribution in [3.8, 4) is 0 Å². The summed E-state index contributed by atoms with van der Waals surface area (Å²) in [4.78, 5) is 24.3. The Balaban J connectivity index is 1.63. The Morgan fingerprint density at radius 2 is 1.56 bits per heavy atom. The molecule has 0 atom stereocenters. The van der Waals surface area contributed by atoms with E-state index in [1.807, 2.05) is 0 Å². The van der Waals surface area contributed by atoms with Gasteiger partial charge in [-0.25, -0.2) is 0 Å². The van der Waals surface area contributed by atoms with Crippen molar-refractivity contribution in [1.82, 2.24) is 0 Å². The van der Waals surface area contributed by atoms with Crippen LogP contribution in [-0.2, 0) is 11.0 Å². The maximum atomic E-state index is 12.7. The molecule has 2 amide bonds. The molecule has 0 spiro atoms. The number of hydrogen-bond donors (Lipinski definition) is 2. The lowest BCUT2D eigenvalue weighted by atomic mass is 10.1. The Labute approximate surface area is 154 Å². The van der Waals surface area contributed by atoms with Crippen molar-refractivity contribution >= 4 is 23.2 Å². The van der Waals surface area contributed by atoms with Crippen molar-refractivity contribution < 1.29 is 22.8 Å². The van der Waals surface area contributed by atoms with E-state index in [1.54, 1.807) is 12.1 Å². The molecule has 3 rings (SSSR count). The first-order chi connectivity index (χ1) is 12.8. The minimum absolute atomic E-state index is 0.0198. The molecule has 0 aromatic heterocycles. The third-order valence-corrected chi connectivity index (χ3v) is 4.59. The molecular weight excluding hydrogens is 357 g/mol. The minimum atomic E-state index is -4.47. The van der Waals surface area contributed by atoms with E-state index in [4.69, 9.17) is 0 Å². The molecular formula is C20H19F3N2O2. The lowest BCUT2D eigenvalue weighted by Crippen LogP contribution is -2.20. The molecule has 0 saturated heterocycles. The Morgan fingerprint density at radius 3 is 2.19 bits per heavy atom. The van der Waals surface area contributed by atoms with Crippen molar-refractivity contribution in [2.45, 2.75) is 31.9 Å². The van der Waals surface area contributed by atoms with Gasteiger partial charge in [-0.1, -0.05) is 18.9 Å². The zero-order valence-corrected chi connectivity index (χ0v) is 14.5. The van der Waals surface area contributed by atoms with E-state index in [0.29, 0.717) is 5.69 Å². The molecule has 2 N–H and O–H groups in total. The predicted molar refractivity (Wildman–Crippen MR) is 96.4 cm³/mol. The van der Waals surface area contributed by atoms with Crippen molar-refractivity contribution in [1.29, 1.82) is 0 Å². The molecule has 4 nitrogen and oxygen atoms in total. The number of halogens is 3. The van der Waals surface area contributed by atoms with Crippen LogP contribution >= 0.6 is 0 Å². The SMILES string of the molecule is O=C(Nc1cccc(C(F)(F)F)c1)c1ccc(NC(=O)C2CCCC2)cc1. The predicted octanol–water partition coefficient (Wildman–Crippen LogP) is 5.09. The second-order valence-electron chi connectivity index (χ2n) is 6.58. The summed E-state index contributed by atoms with van der Waals surface area (Å²) in [5.74, 6) is -0.509. The van der Waals surface area contributed by atoms with Gasteiger partial charge in [-0.05, 0) is 55.3 Å². The molecule has 2 aromatic carbocycles. The Bertz CT molecular complexity index is 826. The first-order valence-corrected chi connectivity index (χ1v) is 8.72. The number of carbonyl (C=O) groups is 2. The van der Waals surface area contributed by atoms with Crippen LogP contribution in [0, 0.1) is 5.92 Å². The summed E-state index contributed by atoms with van der Waals surface area (Å²) < 4.78 is 38.2. The molecule has 0 bridgehead atoms. The van der Waals surface area contributed by atoms with Gasteiger partial charge in [0, 0.05) is 22.9 Å². The van der Waals surface area contributed by atoms with E-state index in [-0.39, 0.29) is 23.1 Å². The number of hydrogen-bond acceptors (Lipinski definition) is 2. The van der Waals surface area contributed by atoms with Crippen molar-refractivity contribution in [3.63, 3.8) is 0 Å². The van der Waals surface area contributed by atoms with Gasteiger partial charge in [0.05, 0.1) is 5.56 Å². The van der Waals surface area contributed by atoms with Crippen LogP contribution in [0.5, 0.6) is 0 Å². The van der Waals surface area contributed by atoms with Gasteiger partial charge >= 0.3 is 6.18 Å². The van der Waals surface area contributed by atoms with Crippen LogP contribution in [-0.4, -0.2) is 11.8 Å². The smallest absolute Gasteiger partial charge is 0.326 e. The summed E-state index contributed by atoms with van der Waals surface area (Å²) in [6.45, 7) is 0. The highest BCUT2D eigenvalue weighted by atomic mass is 19.4. The molecule has 0 radical (unpaired) electrons. The first-order valence-electron chi connectivity index (χ1n) is 8.72. The Hall–Kier alpha value is -2.83. The fraction of sp³-hybridized carbons (Fsp3) is 0.300. The molecule has 7 heteroatoms. The fourth-order valence-electron chi connectivity index (χ4n) is 3.11. The van der Waals surface area contributed by atoms with E-state index in [0.717, 1.165) is 37.8 Å². The largest absolute Gasteiger partial charge is 0.416 e. The molecule has 1 aliphatic carbocycles. The number of amides is 2. The summed E-state index contributed by atoms with van der Waals surface area (Å²) in [7, 11) is 0. The zero-order chi connectivity index (χ0) is 19.4. The number of rotatable bonds is 4. The average molecular weight is 376 g/mol. The molecule has 0 aliphatic heterocycles. The van der Waals surface area contributed by atoms with Crippen molar-refractivity contribution in [2.75, 3.05) is 10.6 Å². The van der Waals surface area contributed by atoms with Gasteiger partial charge in [0.1, 0.15) is 0 Å². The van der Waals surface area contributed by atoms with Crippen LogP contribution < -0.4 is 10.6 Å². The lowest BCUT2D eigenvalue weighted by Gasteiger charge is -2.11. The number of carbonyl (C=O) groups excluding carboxylic acids is 2. The molecule has 142 valence electrons. The standard InChI is InChI=1S/C20H19F3N2O2/c21-20(22,23)15-6-3-7-17(12-15)25-19(27)14-8-10-16(11-9-14)24-18(26)13-4-1-2-5-13/h3,6-13H,1-2,4-5H2,(H,24,26)(H,25,27). The van der Waals surface area contributed by atoms with Crippen LogP contribution in [0.2, 0.25) is 0 Å². The molecule has 27 heavy (non-hydrogen) atoms. The molecule has 2 aromatic rings. The van der Waals surface area contributed by atoms with Gasteiger partial charge in [0.25, 0.3) is 5.91 Å². The van der Waals surface area contributed by atoms with Crippen molar-refractivity contribution in [2.24, 2.45) is 5.92 Å². The summed E-state index contributed by atoms with van der Waals surface area (Å²) in [5.41, 5.74) is 0.104. The van der Waals surface area contributed by atoms with Crippen LogP contribution in [0.15, 0.2) is 48.5 Å². The molecule has 1 fully saturated rings. The van der Waals surface area contributed by atoms with E-state index in [9.17, 15) is 22.8 Å². The normalized spacial score (nSPS) is 14.8. The van der Waals surface area contributed by atoms with E-state index in [2.05, 4.69) is 10.6 Å². The monoisotopic (exact) mass is 376 g/mol. The summed E-state index contributed by atoms with van der Waals surface area (Å²) >= 11 is 0. The number of benzene rings is 2. The number of alkyl halides is 3. The third-order valence-electron chi connectivity index (χ3n) is 4.59. The van der Waals surface area contributed by atoms with Crippen molar-refractivity contribution in [3.05, 3.63) is 59.7 Å². The highest BCUT2D eigenvalue weighted by Crippen LogP contribution is 2.31. The van der Waals surface area contributed by atoms with Crippen LogP contribution in [0.1, 0.15) is 41.6 Å². The maximum Gasteiger partial charge on any atom is 0.416 e. The zero-order valence-electron chi connectivity index (χ0n) is 14.5. The van der Waals surface area contributed by atoms with Gasteiger partial charge < -0.3 is 10.6 Å². The molecule has 1 saturated carbocycles. The second-order valence-corrected chi connectivity index (χ2v) is 6.58. The number of nitrogens with one attached hydrogen (secondary N) is 2. The van der Waals surface area contributed by atoms with Gasteiger partial charge in [-0.2, -0.15) is 13.2 Å². The molecule has 1 aliphatic rings. The lowest BCUT2D eigenvalue weighted by molar-refractivity contribution is -0.137. The quantitative estimate of drug-likeness (QED) is 0.781. The minimum Gasteiger partial charge on any atom is -0.326 e. The van der Waals surface area contributed by atoms with Crippen LogP contribution in [0.25, 0.3) is 0 Å². The second kappa shape index (κ2) is 7.82. The Kier molecular flexibility index (Phi) is 5.48. The van der Waals surface area contributed by atoms with E-state index >= 15 is 0 Å². The highest BCUT2D eigenvalue weighted by Gasteiger charge is 2.30. The number of anilines is 2. The van der Waals surface area contributed by atoms with E-state index < -0.39 is 17.6 Å². The van der Waals surface area contributed by atoms with Gasteiger partial charge in [0.2, 0.25) is 5.91 Å².